The van der Waals surface area contributed by atoms with Crippen LogP contribution in [0.15, 0.2) is 71.6 Å². The number of hydrogen-bond donors (Lipinski definition) is 1. The lowest BCUT2D eigenvalue weighted by atomic mass is 10.0. The van der Waals surface area contributed by atoms with Gasteiger partial charge in [-0.3, -0.25) is 9.10 Å². The van der Waals surface area contributed by atoms with E-state index in [0.717, 1.165) is 11.1 Å². The van der Waals surface area contributed by atoms with Crippen LogP contribution in [0, 0.1) is 12.7 Å². The number of benzene rings is 3. The zero-order valence-electron chi connectivity index (χ0n) is 17.5. The Bertz CT molecular complexity index is 1230. The van der Waals surface area contributed by atoms with Crippen molar-refractivity contribution in [2.45, 2.75) is 24.7 Å². The molecular formula is C24H23FN2O4S. The van der Waals surface area contributed by atoms with E-state index in [-0.39, 0.29) is 23.2 Å². The van der Waals surface area contributed by atoms with Crippen molar-refractivity contribution in [3.63, 3.8) is 0 Å². The molecule has 1 N–H and O–H groups in total. The second kappa shape index (κ2) is 9.00. The minimum absolute atomic E-state index is 0.226. The van der Waals surface area contributed by atoms with Crippen molar-refractivity contribution >= 4 is 27.3 Å². The van der Waals surface area contributed by atoms with Gasteiger partial charge >= 0.3 is 0 Å². The number of nitrogens with one attached hydrogen (secondary N) is 1. The molecule has 1 amide bonds. The van der Waals surface area contributed by atoms with Crippen LogP contribution < -0.4 is 14.4 Å². The highest BCUT2D eigenvalue weighted by Crippen LogP contribution is 2.33. The Kier molecular flexibility index (Phi) is 6.14. The van der Waals surface area contributed by atoms with Gasteiger partial charge in [0, 0.05) is 12.2 Å². The Morgan fingerprint density at radius 3 is 2.50 bits per heavy atom. The van der Waals surface area contributed by atoms with E-state index in [9.17, 15) is 17.6 Å². The Hall–Kier alpha value is -3.39. The van der Waals surface area contributed by atoms with Crippen molar-refractivity contribution in [3.05, 3.63) is 83.7 Å². The molecule has 0 saturated carbocycles. The molecule has 0 saturated heterocycles. The number of aryl methyl sites for hydroxylation is 2. The van der Waals surface area contributed by atoms with Crippen molar-refractivity contribution < 1.29 is 22.3 Å². The quantitative estimate of drug-likeness (QED) is 0.603. The molecule has 0 atom stereocenters. The monoisotopic (exact) mass is 454 g/mol. The molecule has 0 fully saturated rings. The minimum atomic E-state index is -3.67. The Balaban J connectivity index is 1.47. The number of anilines is 2. The normalized spacial score (nSPS) is 13.4. The number of halogens is 1. The standard InChI is InChI=1S/C24H23FN2O4S/c1-17-4-11-22(12-5-17)32(29,30)27-14-2-3-18-15-20(8-13-23(18)27)26-24(28)16-31-21-9-6-19(25)7-10-21/h4-13,15H,2-3,14,16H2,1H3,(H,26,28). The number of nitrogens with zero attached hydrogens (tertiary/aromatic N) is 1. The summed E-state index contributed by atoms with van der Waals surface area (Å²) in [6.07, 6.45) is 1.40. The number of sulfonamides is 1. The van der Waals surface area contributed by atoms with Crippen LogP contribution in [0.3, 0.4) is 0 Å². The van der Waals surface area contributed by atoms with Crippen LogP contribution in [-0.4, -0.2) is 27.5 Å². The summed E-state index contributed by atoms with van der Waals surface area (Å²) in [6.45, 7) is 2.09. The van der Waals surface area contributed by atoms with Gasteiger partial charge in [-0.1, -0.05) is 17.7 Å². The lowest BCUT2D eigenvalue weighted by Gasteiger charge is -2.31. The molecule has 0 radical (unpaired) electrons. The molecule has 8 heteroatoms. The van der Waals surface area contributed by atoms with E-state index >= 15 is 0 Å². The summed E-state index contributed by atoms with van der Waals surface area (Å²) in [5.41, 5.74) is 3.03. The number of carbonyl (C=O) groups excluding carboxylic acids is 1. The summed E-state index contributed by atoms with van der Waals surface area (Å²) in [7, 11) is -3.67. The summed E-state index contributed by atoms with van der Waals surface area (Å²) in [5.74, 6) is -0.354. The fraction of sp³-hybridized carbons (Fsp3) is 0.208. The largest absolute Gasteiger partial charge is 0.484 e. The first-order valence-corrected chi connectivity index (χ1v) is 11.7. The first-order valence-electron chi connectivity index (χ1n) is 10.2. The van der Waals surface area contributed by atoms with E-state index in [1.54, 1.807) is 42.5 Å². The van der Waals surface area contributed by atoms with Crippen molar-refractivity contribution in [3.8, 4) is 5.75 Å². The third kappa shape index (κ3) is 4.75. The van der Waals surface area contributed by atoms with Crippen molar-refractivity contribution in [2.75, 3.05) is 22.8 Å². The van der Waals surface area contributed by atoms with E-state index in [2.05, 4.69) is 5.32 Å². The first kappa shape index (κ1) is 21.8. The van der Waals surface area contributed by atoms with Crippen LogP contribution in [0.2, 0.25) is 0 Å². The molecule has 1 aliphatic rings. The van der Waals surface area contributed by atoms with Gasteiger partial charge in [-0.05, 0) is 79.9 Å². The van der Waals surface area contributed by atoms with Crippen LogP contribution in [0.25, 0.3) is 0 Å². The van der Waals surface area contributed by atoms with E-state index < -0.39 is 10.0 Å². The maximum absolute atomic E-state index is 13.2. The third-order valence-corrected chi connectivity index (χ3v) is 7.06. The summed E-state index contributed by atoms with van der Waals surface area (Å²) in [5, 5.41) is 2.76. The van der Waals surface area contributed by atoms with Gasteiger partial charge in [0.25, 0.3) is 15.9 Å². The van der Waals surface area contributed by atoms with Gasteiger partial charge in [0.1, 0.15) is 11.6 Å². The average Bonchev–Trinajstić information content (AvgIpc) is 2.78. The van der Waals surface area contributed by atoms with Gasteiger partial charge in [0.05, 0.1) is 10.6 Å². The second-order valence-corrected chi connectivity index (χ2v) is 9.49. The maximum Gasteiger partial charge on any atom is 0.264 e. The van der Waals surface area contributed by atoms with Gasteiger partial charge in [-0.2, -0.15) is 0 Å². The van der Waals surface area contributed by atoms with E-state index in [1.165, 1.54) is 28.6 Å². The number of rotatable bonds is 6. The molecule has 32 heavy (non-hydrogen) atoms. The number of amides is 1. The maximum atomic E-state index is 13.2. The van der Waals surface area contributed by atoms with Gasteiger partial charge in [-0.25, -0.2) is 12.8 Å². The van der Waals surface area contributed by atoms with E-state index in [0.29, 0.717) is 36.5 Å². The fourth-order valence-corrected chi connectivity index (χ4v) is 5.15. The smallest absolute Gasteiger partial charge is 0.264 e. The highest BCUT2D eigenvalue weighted by atomic mass is 32.2. The summed E-state index contributed by atoms with van der Waals surface area (Å²) in [6, 6.07) is 17.4. The van der Waals surface area contributed by atoms with Crippen LogP contribution in [0.1, 0.15) is 17.5 Å². The van der Waals surface area contributed by atoms with Crippen LogP contribution >= 0.6 is 0 Å². The van der Waals surface area contributed by atoms with Crippen molar-refractivity contribution in [1.82, 2.24) is 0 Å². The van der Waals surface area contributed by atoms with Crippen molar-refractivity contribution in [2.24, 2.45) is 0 Å². The molecular weight excluding hydrogens is 431 g/mol. The first-order chi connectivity index (χ1) is 15.3. The summed E-state index contributed by atoms with van der Waals surface area (Å²) < 4.78 is 46.1. The molecule has 0 spiro atoms. The zero-order valence-corrected chi connectivity index (χ0v) is 18.4. The van der Waals surface area contributed by atoms with Crippen LogP contribution in [-0.2, 0) is 21.2 Å². The van der Waals surface area contributed by atoms with Gasteiger partial charge in [0.2, 0.25) is 0 Å². The molecule has 166 valence electrons. The number of hydrogen-bond acceptors (Lipinski definition) is 4. The van der Waals surface area contributed by atoms with Gasteiger partial charge < -0.3 is 10.1 Å². The lowest BCUT2D eigenvalue weighted by molar-refractivity contribution is -0.118. The third-order valence-electron chi connectivity index (χ3n) is 5.23. The fourth-order valence-electron chi connectivity index (χ4n) is 3.60. The number of fused-ring (bicyclic) bond motifs is 1. The highest BCUT2D eigenvalue weighted by Gasteiger charge is 2.29. The Morgan fingerprint density at radius 1 is 1.06 bits per heavy atom. The van der Waals surface area contributed by atoms with Crippen LogP contribution in [0.5, 0.6) is 5.75 Å². The van der Waals surface area contributed by atoms with E-state index in [1.807, 2.05) is 6.92 Å². The highest BCUT2D eigenvalue weighted by molar-refractivity contribution is 7.92. The Morgan fingerprint density at radius 2 is 1.78 bits per heavy atom. The molecule has 3 aromatic carbocycles. The minimum Gasteiger partial charge on any atom is -0.484 e. The predicted molar refractivity (Wildman–Crippen MR) is 121 cm³/mol. The zero-order chi connectivity index (χ0) is 22.7. The van der Waals surface area contributed by atoms with Crippen molar-refractivity contribution in [1.29, 1.82) is 0 Å². The number of ether oxygens (including phenoxy) is 1. The molecule has 6 nitrogen and oxygen atoms in total. The second-order valence-electron chi connectivity index (χ2n) is 7.63. The number of carbonyl (C=O) groups is 1. The Labute approximate surface area is 186 Å². The topological polar surface area (TPSA) is 75.7 Å². The van der Waals surface area contributed by atoms with Gasteiger partial charge in [-0.15, -0.1) is 0 Å². The summed E-state index contributed by atoms with van der Waals surface area (Å²) in [4.78, 5) is 12.5. The molecule has 0 aromatic heterocycles. The molecule has 1 aliphatic heterocycles. The van der Waals surface area contributed by atoms with Gasteiger partial charge in [0.15, 0.2) is 6.61 Å². The molecule has 0 unspecified atom stereocenters. The summed E-state index contributed by atoms with van der Waals surface area (Å²) >= 11 is 0. The predicted octanol–water partition coefficient (Wildman–Crippen LogP) is 4.29. The van der Waals surface area contributed by atoms with E-state index in [4.69, 9.17) is 4.74 Å². The lowest BCUT2D eigenvalue weighted by Crippen LogP contribution is -2.35. The molecule has 4 rings (SSSR count). The molecule has 3 aromatic rings. The molecule has 0 aliphatic carbocycles. The van der Waals surface area contributed by atoms with Crippen LogP contribution in [0.4, 0.5) is 15.8 Å². The SMILES string of the molecule is Cc1ccc(S(=O)(=O)N2CCCc3cc(NC(=O)COc4ccc(F)cc4)ccc32)cc1. The molecule has 1 heterocycles. The molecule has 0 bridgehead atoms. The average molecular weight is 455 g/mol.